The minimum Gasteiger partial charge on any atom is -0.444 e. The molecule has 0 radical (unpaired) electrons. The largest absolute Gasteiger partial charge is 0.444 e. The number of benzene rings is 3. The number of rotatable bonds is 10. The molecular formula is C31H38N4O4. The van der Waals surface area contributed by atoms with Gasteiger partial charge in [-0.05, 0) is 83.2 Å². The van der Waals surface area contributed by atoms with Crippen molar-refractivity contribution < 1.29 is 19.1 Å². The van der Waals surface area contributed by atoms with E-state index in [0.29, 0.717) is 35.6 Å². The Kier molecular flexibility index (Phi) is 10.2. The highest BCUT2D eigenvalue weighted by Crippen LogP contribution is 2.23. The van der Waals surface area contributed by atoms with Crippen LogP contribution >= 0.6 is 0 Å². The summed E-state index contributed by atoms with van der Waals surface area (Å²) < 4.78 is 5.31. The fraction of sp³-hybridized carbons (Fsp3) is 0.323. The number of hydrogen-bond acceptors (Lipinski definition) is 5. The molecule has 0 bridgehead atoms. The average molecular weight is 531 g/mol. The van der Waals surface area contributed by atoms with Gasteiger partial charge < -0.3 is 19.9 Å². The summed E-state index contributed by atoms with van der Waals surface area (Å²) in [7, 11) is 3.96. The number of likely N-dealkylation sites (N-methyl/N-ethyl adjacent to an activating group) is 1. The fourth-order valence-electron chi connectivity index (χ4n) is 3.80. The maximum absolute atomic E-state index is 13.4. The third kappa shape index (κ3) is 9.57. The van der Waals surface area contributed by atoms with E-state index in [1.165, 1.54) is 5.56 Å². The van der Waals surface area contributed by atoms with Crippen molar-refractivity contribution in [3.8, 4) is 0 Å². The van der Waals surface area contributed by atoms with E-state index in [1.807, 2.05) is 42.1 Å². The number of nitrogens with one attached hydrogen (secondary N) is 2. The van der Waals surface area contributed by atoms with Crippen LogP contribution in [0.3, 0.4) is 0 Å². The molecule has 3 rings (SSSR count). The second-order valence-electron chi connectivity index (χ2n) is 10.5. The van der Waals surface area contributed by atoms with Crippen LogP contribution in [-0.2, 0) is 11.2 Å². The van der Waals surface area contributed by atoms with Crippen LogP contribution < -0.4 is 10.6 Å². The molecule has 8 heteroatoms. The van der Waals surface area contributed by atoms with Gasteiger partial charge in [0.2, 0.25) is 0 Å². The van der Waals surface area contributed by atoms with E-state index < -0.39 is 11.7 Å². The molecule has 2 N–H and O–H groups in total. The molecule has 0 saturated carbocycles. The van der Waals surface area contributed by atoms with Crippen LogP contribution in [0.25, 0.3) is 0 Å². The number of anilines is 2. The molecule has 0 fully saturated rings. The lowest BCUT2D eigenvalue weighted by atomic mass is 10.1. The highest BCUT2D eigenvalue weighted by Gasteiger charge is 2.19. The predicted octanol–water partition coefficient (Wildman–Crippen LogP) is 5.53. The van der Waals surface area contributed by atoms with Gasteiger partial charge in [0.15, 0.2) is 0 Å². The summed E-state index contributed by atoms with van der Waals surface area (Å²) in [5, 5.41) is 5.50. The summed E-state index contributed by atoms with van der Waals surface area (Å²) in [5.41, 5.74) is 2.29. The van der Waals surface area contributed by atoms with Crippen LogP contribution in [0.1, 0.15) is 47.1 Å². The van der Waals surface area contributed by atoms with Crippen LogP contribution in [0, 0.1) is 0 Å². The first kappa shape index (κ1) is 29.4. The Balaban J connectivity index is 1.68. The van der Waals surface area contributed by atoms with Gasteiger partial charge in [0.25, 0.3) is 11.8 Å². The molecule has 0 heterocycles. The van der Waals surface area contributed by atoms with Crippen molar-refractivity contribution in [1.29, 1.82) is 0 Å². The lowest BCUT2D eigenvalue weighted by molar-refractivity contribution is 0.0635. The number of para-hydroxylation sites is 2. The zero-order chi connectivity index (χ0) is 28.4. The Morgan fingerprint density at radius 3 is 1.87 bits per heavy atom. The third-order valence-electron chi connectivity index (χ3n) is 5.82. The molecule has 0 aromatic heterocycles. The zero-order valence-corrected chi connectivity index (χ0v) is 23.4. The molecule has 0 spiro atoms. The number of nitrogens with zero attached hydrogens (tertiary/aromatic N) is 2. The van der Waals surface area contributed by atoms with Crippen LogP contribution in [0.15, 0.2) is 78.9 Å². The molecule has 3 amide bonds. The molecule has 8 nitrogen and oxygen atoms in total. The smallest absolute Gasteiger partial charge is 0.412 e. The van der Waals surface area contributed by atoms with Crippen LogP contribution in [0.4, 0.5) is 16.2 Å². The summed E-state index contributed by atoms with van der Waals surface area (Å²) in [5.74, 6) is -0.437. The Labute approximate surface area is 231 Å². The first-order chi connectivity index (χ1) is 18.5. The lowest BCUT2D eigenvalue weighted by Gasteiger charge is -2.25. The maximum Gasteiger partial charge on any atom is 0.412 e. The molecular weight excluding hydrogens is 492 g/mol. The van der Waals surface area contributed by atoms with E-state index in [-0.39, 0.29) is 11.8 Å². The van der Waals surface area contributed by atoms with Gasteiger partial charge in [-0.15, -0.1) is 0 Å². The number of ether oxygens (including phenoxy) is 1. The first-order valence-corrected chi connectivity index (χ1v) is 13.0. The Hall–Kier alpha value is -4.17. The van der Waals surface area contributed by atoms with Crippen molar-refractivity contribution in [2.75, 3.05) is 44.4 Å². The quantitative estimate of drug-likeness (QED) is 0.360. The van der Waals surface area contributed by atoms with Crippen LogP contribution in [0.2, 0.25) is 0 Å². The van der Waals surface area contributed by atoms with E-state index >= 15 is 0 Å². The molecule has 0 atom stereocenters. The second kappa shape index (κ2) is 13.6. The van der Waals surface area contributed by atoms with Gasteiger partial charge in [-0.25, -0.2) is 4.79 Å². The van der Waals surface area contributed by atoms with Crippen molar-refractivity contribution in [3.63, 3.8) is 0 Å². The molecule has 0 saturated heterocycles. The molecule has 0 unspecified atom stereocenters. The lowest BCUT2D eigenvalue weighted by Crippen LogP contribution is -2.38. The van der Waals surface area contributed by atoms with Gasteiger partial charge >= 0.3 is 6.09 Å². The van der Waals surface area contributed by atoms with Crippen molar-refractivity contribution in [2.45, 2.75) is 32.8 Å². The average Bonchev–Trinajstić information content (AvgIpc) is 2.89. The summed E-state index contributed by atoms with van der Waals surface area (Å²) in [6, 6.07) is 23.6. The standard InChI is InChI=1S/C31H38N4O4/c1-31(2,3)39-30(38)33-27-14-10-9-13-26(27)32-28(36)24-15-17-25(18-16-24)29(37)35(22-21-34(4)5)20-19-23-11-7-6-8-12-23/h6-18H,19-22H2,1-5H3,(H,32,36)(H,33,38). The van der Waals surface area contributed by atoms with Crippen molar-refractivity contribution in [3.05, 3.63) is 95.6 Å². The summed E-state index contributed by atoms with van der Waals surface area (Å²) in [4.78, 5) is 42.4. The minimum absolute atomic E-state index is 0.0772. The van der Waals surface area contributed by atoms with Gasteiger partial charge in [-0.3, -0.25) is 14.9 Å². The first-order valence-electron chi connectivity index (χ1n) is 13.0. The monoisotopic (exact) mass is 530 g/mol. The van der Waals surface area contributed by atoms with Crippen LogP contribution in [-0.4, -0.2) is 67.0 Å². The minimum atomic E-state index is -0.648. The predicted molar refractivity (Wildman–Crippen MR) is 155 cm³/mol. The molecule has 0 aliphatic rings. The van der Waals surface area contributed by atoms with Crippen LogP contribution in [0.5, 0.6) is 0 Å². The van der Waals surface area contributed by atoms with E-state index in [4.69, 9.17) is 4.74 Å². The summed E-state index contributed by atoms with van der Waals surface area (Å²) >= 11 is 0. The summed E-state index contributed by atoms with van der Waals surface area (Å²) in [6.07, 6.45) is 0.148. The molecule has 0 aliphatic heterocycles. The van der Waals surface area contributed by atoms with Gasteiger partial charge in [-0.1, -0.05) is 42.5 Å². The molecule has 3 aromatic carbocycles. The SMILES string of the molecule is CN(C)CCN(CCc1ccccc1)C(=O)c1ccc(C(=O)Nc2ccccc2NC(=O)OC(C)(C)C)cc1. The van der Waals surface area contributed by atoms with E-state index in [2.05, 4.69) is 22.8 Å². The van der Waals surface area contributed by atoms with Gasteiger partial charge in [0.1, 0.15) is 5.60 Å². The number of amides is 3. The molecule has 206 valence electrons. The molecule has 39 heavy (non-hydrogen) atoms. The van der Waals surface area contributed by atoms with E-state index in [1.54, 1.807) is 69.3 Å². The topological polar surface area (TPSA) is 91.0 Å². The van der Waals surface area contributed by atoms with Crippen molar-refractivity contribution >= 4 is 29.3 Å². The second-order valence-corrected chi connectivity index (χ2v) is 10.5. The van der Waals surface area contributed by atoms with Crippen molar-refractivity contribution in [1.82, 2.24) is 9.80 Å². The number of carbonyl (C=O) groups is 3. The Bertz CT molecular complexity index is 1250. The Morgan fingerprint density at radius 1 is 0.718 bits per heavy atom. The molecule has 3 aromatic rings. The van der Waals surface area contributed by atoms with E-state index in [0.717, 1.165) is 13.0 Å². The maximum atomic E-state index is 13.4. The van der Waals surface area contributed by atoms with E-state index in [9.17, 15) is 14.4 Å². The zero-order valence-electron chi connectivity index (χ0n) is 23.4. The van der Waals surface area contributed by atoms with Crippen molar-refractivity contribution in [2.24, 2.45) is 0 Å². The fourth-order valence-corrected chi connectivity index (χ4v) is 3.80. The number of carbonyl (C=O) groups excluding carboxylic acids is 3. The molecule has 0 aliphatic carbocycles. The van der Waals surface area contributed by atoms with Gasteiger partial charge in [-0.2, -0.15) is 0 Å². The third-order valence-corrected chi connectivity index (χ3v) is 5.82. The number of hydrogen-bond donors (Lipinski definition) is 2. The summed E-state index contributed by atoms with van der Waals surface area (Å²) in [6.45, 7) is 7.28. The highest BCUT2D eigenvalue weighted by molar-refractivity contribution is 6.07. The van der Waals surface area contributed by atoms with Gasteiger partial charge in [0.05, 0.1) is 11.4 Å². The highest BCUT2D eigenvalue weighted by atomic mass is 16.6. The normalized spacial score (nSPS) is 11.1. The Morgan fingerprint density at radius 2 is 1.28 bits per heavy atom. The van der Waals surface area contributed by atoms with Gasteiger partial charge in [0, 0.05) is 30.8 Å².